The van der Waals surface area contributed by atoms with Crippen molar-refractivity contribution in [1.82, 2.24) is 5.32 Å². The maximum Gasteiger partial charge on any atom is 0.514 e. The first-order valence-electron chi connectivity index (χ1n) is 12.3. The molecule has 0 saturated carbocycles. The smallest absolute Gasteiger partial charge is 0.477 e. The number of carbonyl (C=O) groups is 4. The van der Waals surface area contributed by atoms with Gasteiger partial charge in [-0.2, -0.15) is 0 Å². The van der Waals surface area contributed by atoms with Gasteiger partial charge in [-0.1, -0.05) is 33.8 Å². The molecule has 0 saturated heterocycles. The minimum atomic E-state index is -2.22. The van der Waals surface area contributed by atoms with Crippen molar-refractivity contribution in [3.05, 3.63) is 23.8 Å². The zero-order chi connectivity index (χ0) is 29.2. The van der Waals surface area contributed by atoms with Crippen LogP contribution in [-0.4, -0.2) is 60.6 Å². The molecule has 0 radical (unpaired) electrons. The van der Waals surface area contributed by atoms with E-state index in [0.29, 0.717) is 0 Å². The highest BCUT2D eigenvalue weighted by Gasteiger charge is 2.44. The molecule has 0 aromatic heterocycles. The van der Waals surface area contributed by atoms with Gasteiger partial charge in [0.05, 0.1) is 7.11 Å². The van der Waals surface area contributed by atoms with Crippen LogP contribution in [0.5, 0.6) is 11.5 Å². The topological polar surface area (TPSA) is 156 Å². The number of carbonyl (C=O) groups excluding carboxylic acids is 3. The summed E-state index contributed by atoms with van der Waals surface area (Å²) in [6.07, 6.45) is -4.63. The summed E-state index contributed by atoms with van der Waals surface area (Å²) in [6.45, 7) is 14.2. The van der Waals surface area contributed by atoms with E-state index in [1.165, 1.54) is 18.2 Å². The number of hydrogen-bond acceptors (Lipinski definition) is 11. The Hall–Kier alpha value is -3.54. The fourth-order valence-corrected chi connectivity index (χ4v) is 2.87. The van der Waals surface area contributed by atoms with Gasteiger partial charge in [-0.15, -0.1) is 0 Å². The van der Waals surface area contributed by atoms with Crippen molar-refractivity contribution in [2.75, 3.05) is 7.11 Å². The summed E-state index contributed by atoms with van der Waals surface area (Å²) < 4.78 is 30.7. The Kier molecular flexibility index (Phi) is 12.3. The number of benzene rings is 1. The van der Waals surface area contributed by atoms with Crippen molar-refractivity contribution in [2.45, 2.75) is 85.8 Å². The van der Waals surface area contributed by atoms with E-state index in [2.05, 4.69) is 10.1 Å². The predicted octanol–water partition coefficient (Wildman–Crippen LogP) is 4.91. The minimum absolute atomic E-state index is 0.00543. The lowest BCUT2D eigenvalue weighted by Gasteiger charge is -2.31. The number of methoxy groups -OCH3 is 1. The van der Waals surface area contributed by atoms with Crippen LogP contribution in [0, 0.1) is 11.8 Å². The molecular weight excluding hydrogens is 502 g/mol. The second-order valence-electron chi connectivity index (χ2n) is 9.78. The number of carboxylic acid groups (broad SMARTS) is 1. The van der Waals surface area contributed by atoms with Crippen molar-refractivity contribution in [3.8, 4) is 11.5 Å². The van der Waals surface area contributed by atoms with Crippen LogP contribution in [0.15, 0.2) is 18.2 Å². The van der Waals surface area contributed by atoms with E-state index < -0.39 is 54.8 Å². The van der Waals surface area contributed by atoms with E-state index in [0.717, 1.165) is 7.11 Å². The lowest BCUT2D eigenvalue weighted by atomic mass is 10.0. The van der Waals surface area contributed by atoms with Gasteiger partial charge in [0.25, 0.3) is 5.72 Å². The average Bonchev–Trinajstić information content (AvgIpc) is 2.79. The third-order valence-corrected chi connectivity index (χ3v) is 5.58. The van der Waals surface area contributed by atoms with Crippen LogP contribution in [0.2, 0.25) is 0 Å². The standard InChI is InChI=1S/C26H39NO11/c1-14(2)17(7)34-24(31)36-20-11-10-19(12-21(20)37-25(32)35-18(8)15(3)4)13-26(22(28)29,27-16(5)6)38-23(30)33-9/h10-12,14-18,27H,13H2,1-9H3,(H,28,29)/t17?,18?,26-/m0/s1. The molecule has 214 valence electrons. The van der Waals surface area contributed by atoms with Gasteiger partial charge in [-0.05, 0) is 57.2 Å². The van der Waals surface area contributed by atoms with Crippen molar-refractivity contribution < 1.29 is 52.7 Å². The van der Waals surface area contributed by atoms with Crippen molar-refractivity contribution in [3.63, 3.8) is 0 Å². The van der Waals surface area contributed by atoms with Gasteiger partial charge in [0.15, 0.2) is 11.5 Å². The van der Waals surface area contributed by atoms with Crippen molar-refractivity contribution in [1.29, 1.82) is 0 Å². The lowest BCUT2D eigenvalue weighted by molar-refractivity contribution is -0.166. The lowest BCUT2D eigenvalue weighted by Crippen LogP contribution is -2.59. The van der Waals surface area contributed by atoms with Gasteiger partial charge in [0.1, 0.15) is 12.2 Å². The average molecular weight is 542 g/mol. The molecule has 0 aliphatic heterocycles. The first-order chi connectivity index (χ1) is 17.6. The largest absolute Gasteiger partial charge is 0.514 e. The van der Waals surface area contributed by atoms with Gasteiger partial charge in [-0.25, -0.2) is 19.2 Å². The van der Waals surface area contributed by atoms with Gasteiger partial charge < -0.3 is 33.5 Å². The van der Waals surface area contributed by atoms with Crippen LogP contribution in [0.3, 0.4) is 0 Å². The monoisotopic (exact) mass is 541 g/mol. The molecule has 12 heteroatoms. The van der Waals surface area contributed by atoms with E-state index in [1.54, 1.807) is 27.7 Å². The van der Waals surface area contributed by atoms with Gasteiger partial charge in [0.2, 0.25) is 0 Å². The number of nitrogens with one attached hydrogen (secondary N) is 1. The number of aliphatic carboxylic acids is 1. The van der Waals surface area contributed by atoms with Crippen LogP contribution in [0.1, 0.15) is 61.0 Å². The maximum absolute atomic E-state index is 12.5. The quantitative estimate of drug-likeness (QED) is 0.160. The highest BCUT2D eigenvalue weighted by molar-refractivity contribution is 5.80. The molecule has 1 rings (SSSR count). The summed E-state index contributed by atoms with van der Waals surface area (Å²) in [6, 6.07) is 3.57. The number of hydrogen-bond donors (Lipinski definition) is 2. The highest BCUT2D eigenvalue weighted by Crippen LogP contribution is 2.32. The van der Waals surface area contributed by atoms with E-state index in [4.69, 9.17) is 23.7 Å². The summed E-state index contributed by atoms with van der Waals surface area (Å²) in [4.78, 5) is 48.9. The Morgan fingerprint density at radius 1 is 0.816 bits per heavy atom. The van der Waals surface area contributed by atoms with Crippen LogP contribution in [-0.2, 0) is 30.2 Å². The number of ether oxygens (including phenoxy) is 6. The van der Waals surface area contributed by atoms with E-state index in [9.17, 15) is 24.3 Å². The van der Waals surface area contributed by atoms with E-state index >= 15 is 0 Å². The molecule has 3 atom stereocenters. The normalized spacial score (nSPS) is 14.3. The predicted molar refractivity (Wildman–Crippen MR) is 135 cm³/mol. The number of carboxylic acids is 1. The highest BCUT2D eigenvalue weighted by atomic mass is 16.8. The van der Waals surface area contributed by atoms with Crippen LogP contribution >= 0.6 is 0 Å². The van der Waals surface area contributed by atoms with Crippen molar-refractivity contribution in [2.24, 2.45) is 11.8 Å². The summed E-state index contributed by atoms with van der Waals surface area (Å²) in [5.41, 5.74) is -1.97. The van der Waals surface area contributed by atoms with Gasteiger partial charge in [0, 0.05) is 12.5 Å². The summed E-state index contributed by atoms with van der Waals surface area (Å²) >= 11 is 0. The fraction of sp³-hybridized carbons (Fsp3) is 0.615. The van der Waals surface area contributed by atoms with Crippen LogP contribution < -0.4 is 14.8 Å². The molecule has 0 aliphatic rings. The Balaban J connectivity index is 3.42. The SMILES string of the molecule is COC(=O)O[C@](Cc1ccc(OC(=O)OC(C)C(C)C)c(OC(=O)OC(C)C(C)C)c1)(NC(C)C)C(=O)O. The first kappa shape index (κ1) is 32.5. The molecule has 1 aromatic carbocycles. The summed E-state index contributed by atoms with van der Waals surface area (Å²) in [5.74, 6) is -1.86. The second-order valence-corrected chi connectivity index (χ2v) is 9.78. The van der Waals surface area contributed by atoms with E-state index in [-0.39, 0.29) is 28.9 Å². The fourth-order valence-electron chi connectivity index (χ4n) is 2.87. The Morgan fingerprint density at radius 2 is 1.32 bits per heavy atom. The molecule has 0 spiro atoms. The Morgan fingerprint density at radius 3 is 1.74 bits per heavy atom. The molecule has 0 bridgehead atoms. The third kappa shape index (κ3) is 10.1. The molecule has 2 unspecified atom stereocenters. The van der Waals surface area contributed by atoms with E-state index in [1.807, 2.05) is 27.7 Å². The molecular formula is C26H39NO11. The van der Waals surface area contributed by atoms with Gasteiger partial charge >= 0.3 is 24.4 Å². The molecule has 2 N–H and O–H groups in total. The van der Waals surface area contributed by atoms with Gasteiger partial charge in [-0.3, -0.25) is 5.32 Å². The second kappa shape index (κ2) is 14.4. The Bertz CT molecular complexity index is 976. The van der Waals surface area contributed by atoms with Crippen molar-refractivity contribution >= 4 is 24.4 Å². The molecule has 12 nitrogen and oxygen atoms in total. The summed E-state index contributed by atoms with van der Waals surface area (Å²) in [5, 5.41) is 12.7. The Labute approximate surface area is 222 Å². The molecule has 1 aromatic rings. The van der Waals surface area contributed by atoms with Crippen LogP contribution in [0.4, 0.5) is 14.4 Å². The summed E-state index contributed by atoms with van der Waals surface area (Å²) in [7, 11) is 1.05. The zero-order valence-electron chi connectivity index (χ0n) is 23.4. The number of rotatable bonds is 12. The van der Waals surface area contributed by atoms with Crippen LogP contribution in [0.25, 0.3) is 0 Å². The maximum atomic E-state index is 12.5. The minimum Gasteiger partial charge on any atom is -0.477 e. The molecule has 0 fully saturated rings. The molecule has 0 heterocycles. The molecule has 0 aliphatic carbocycles. The molecule has 0 amide bonds. The zero-order valence-corrected chi connectivity index (χ0v) is 23.4. The molecule has 38 heavy (non-hydrogen) atoms. The third-order valence-electron chi connectivity index (χ3n) is 5.58. The first-order valence-corrected chi connectivity index (χ1v) is 12.3.